The maximum absolute atomic E-state index is 5.48. The van der Waals surface area contributed by atoms with E-state index < -0.39 is 0 Å². The molecule has 0 spiro atoms. The highest BCUT2D eigenvalue weighted by molar-refractivity contribution is 7.27. The van der Waals surface area contributed by atoms with Crippen LogP contribution in [-0.4, -0.2) is 34.9 Å². The summed E-state index contributed by atoms with van der Waals surface area (Å²) in [4.78, 5) is 34.2. The SMILES string of the molecule is C1=C(c2cccc(-c3ccc(-c4nc5cc(-c6ccc7sc8ccccc8c7c6)ccc5c5c4sc4ccccc45)cc3)c2)C=C(c2ccccn2)NC1c1ccccn1.c1ccc(-c2ccc3nc(-c4ccc(-c5ccc(-c6cc(-c7ccccn7)nc(-c7ccccn7)c6)cc5)cc4)c4sc5ccccc5c4c3c2)cc1. The largest absolute Gasteiger partial charge is 0.371 e. The van der Waals surface area contributed by atoms with Gasteiger partial charge in [0.25, 0.3) is 0 Å². The molecule has 11 aromatic carbocycles. The Bertz CT molecular complexity index is 7230. The molecule has 0 radical (unpaired) electrons. The first kappa shape index (κ1) is 67.1. The molecule has 1 unspecified atom stereocenters. The van der Waals surface area contributed by atoms with Gasteiger partial charge in [0.15, 0.2) is 0 Å². The number of hydrogen-bond acceptors (Lipinski definition) is 11. The number of aromatic nitrogens is 7. The highest BCUT2D eigenvalue weighted by Crippen LogP contribution is 2.47. The summed E-state index contributed by atoms with van der Waals surface area (Å²) < 4.78 is 7.61. The van der Waals surface area contributed by atoms with E-state index in [1.165, 1.54) is 93.5 Å². The summed E-state index contributed by atoms with van der Waals surface area (Å²) in [6.45, 7) is 0. The summed E-state index contributed by atoms with van der Waals surface area (Å²) in [5, 5.41) is 13.7. The molecule has 0 saturated carbocycles. The monoisotopic (exact) mass is 1500 g/mol. The predicted octanol–water partition coefficient (Wildman–Crippen LogP) is 27.3. The standard InChI is InChI=1S/C54H34N4S2.C48H30N4S/c1-3-16-49-40(12-1)43-29-37(23-25-51(43)59-49)38-22-24-41-46(30-38)58-53(54-52(41)42-13-2-4-17-50(42)60-54)34-20-18-33(19-21-34)35-10-9-11-36(28-35)39-31-47(44-14-5-7-26-55-44)57-48(32-39)45-15-6-8-27-56-45;1-2-10-31(11-3-1)36-24-25-40-39(28-36)46-38-12-4-5-15-45(38)53-48(46)47(52-40)35-22-20-33(21-23-35)32-16-18-34(19-17-32)37-29-43(41-13-6-8-26-49-41)51-44(30-37)42-14-7-9-27-50-42/h1-32,47,57H;1-30H. The van der Waals surface area contributed by atoms with Gasteiger partial charge >= 0.3 is 0 Å². The summed E-state index contributed by atoms with van der Waals surface area (Å²) in [5.74, 6) is 0. The van der Waals surface area contributed by atoms with E-state index in [2.05, 4.69) is 310 Å². The van der Waals surface area contributed by atoms with Crippen LogP contribution in [0.3, 0.4) is 0 Å². The molecule has 1 atom stereocenters. The van der Waals surface area contributed by atoms with E-state index in [1.807, 2.05) is 113 Å². The minimum atomic E-state index is -0.0904. The Balaban J connectivity index is 0.000000143. The molecule has 530 valence electrons. The van der Waals surface area contributed by atoms with Gasteiger partial charge in [0.1, 0.15) is 0 Å². The maximum Gasteiger partial charge on any atom is 0.0900 e. The number of hydrogen-bond donors (Lipinski definition) is 1. The fraction of sp³-hybridized carbons (Fsp3) is 0.00980. The molecule has 1 N–H and O–H groups in total. The van der Waals surface area contributed by atoms with Gasteiger partial charge in [0.05, 0.1) is 77.7 Å². The molecule has 0 aliphatic carbocycles. The van der Waals surface area contributed by atoms with E-state index in [4.69, 9.17) is 15.0 Å². The van der Waals surface area contributed by atoms with E-state index >= 15 is 0 Å². The van der Waals surface area contributed by atoms with Crippen LogP contribution in [-0.2, 0) is 0 Å². The minimum absolute atomic E-state index is 0.0904. The number of nitrogens with one attached hydrogen (secondary N) is 1. The third kappa shape index (κ3) is 12.7. The third-order valence-electron chi connectivity index (χ3n) is 21.4. The molecule has 0 amide bonds. The molecule has 1 aliphatic heterocycles. The van der Waals surface area contributed by atoms with Crippen LogP contribution in [0.4, 0.5) is 0 Å². The van der Waals surface area contributed by atoms with Crippen molar-refractivity contribution in [3.8, 4) is 101 Å². The number of allylic oxidation sites excluding steroid dienone is 2. The van der Waals surface area contributed by atoms with Gasteiger partial charge in [-0.3, -0.25) is 19.9 Å². The Hall–Kier alpha value is -14.1. The molecule has 0 fully saturated rings. The molecule has 21 aromatic rings. The van der Waals surface area contributed by atoms with Crippen LogP contribution in [0.5, 0.6) is 0 Å². The molecule has 11 heteroatoms. The van der Waals surface area contributed by atoms with E-state index in [-0.39, 0.29) is 6.04 Å². The molecule has 1 aliphatic rings. The van der Waals surface area contributed by atoms with Crippen molar-refractivity contribution in [3.63, 3.8) is 0 Å². The van der Waals surface area contributed by atoms with Crippen molar-refractivity contribution < 1.29 is 0 Å². The summed E-state index contributed by atoms with van der Waals surface area (Å²) in [7, 11) is 0. The number of benzene rings is 11. The van der Waals surface area contributed by atoms with Crippen molar-refractivity contribution in [1.82, 2.24) is 40.2 Å². The van der Waals surface area contributed by atoms with E-state index in [9.17, 15) is 0 Å². The number of rotatable bonds is 12. The Morgan fingerprint density at radius 2 is 0.690 bits per heavy atom. The molecular formula is C102H64N8S3. The van der Waals surface area contributed by atoms with Gasteiger partial charge in [-0.1, -0.05) is 224 Å². The zero-order valence-electron chi connectivity index (χ0n) is 60.7. The minimum Gasteiger partial charge on any atom is -0.371 e. The lowest BCUT2D eigenvalue weighted by molar-refractivity contribution is 0.736. The summed E-state index contributed by atoms with van der Waals surface area (Å²) >= 11 is 5.51. The summed E-state index contributed by atoms with van der Waals surface area (Å²) in [6, 6.07) is 120. The normalized spacial score (nSPS) is 12.9. The molecule has 11 heterocycles. The molecule has 10 aromatic heterocycles. The van der Waals surface area contributed by atoms with Crippen molar-refractivity contribution in [1.29, 1.82) is 0 Å². The second kappa shape index (κ2) is 28.7. The molecular weight excluding hydrogens is 1430 g/mol. The number of pyridine rings is 7. The van der Waals surface area contributed by atoms with Crippen molar-refractivity contribution in [2.24, 2.45) is 0 Å². The van der Waals surface area contributed by atoms with Gasteiger partial charge in [0, 0.05) is 97.8 Å². The average molecular weight is 1500 g/mol. The van der Waals surface area contributed by atoms with Gasteiger partial charge in [0.2, 0.25) is 0 Å². The Kier molecular flexibility index (Phi) is 17.1. The predicted molar refractivity (Wildman–Crippen MR) is 475 cm³/mol. The molecule has 113 heavy (non-hydrogen) atoms. The second-order valence-corrected chi connectivity index (χ2v) is 31.5. The fourth-order valence-corrected chi connectivity index (χ4v) is 19.4. The second-order valence-electron chi connectivity index (χ2n) is 28.3. The number of dihydropyridines is 1. The lowest BCUT2D eigenvalue weighted by Gasteiger charge is -2.24. The van der Waals surface area contributed by atoms with Crippen LogP contribution in [0.15, 0.2) is 377 Å². The quantitative estimate of drug-likeness (QED) is 0.129. The molecule has 0 bridgehead atoms. The fourth-order valence-electron chi connectivity index (χ4n) is 15.8. The van der Waals surface area contributed by atoms with Crippen molar-refractivity contribution in [2.45, 2.75) is 6.04 Å². The zero-order valence-corrected chi connectivity index (χ0v) is 63.2. The molecule has 22 rings (SSSR count). The van der Waals surface area contributed by atoms with Gasteiger partial charge < -0.3 is 5.32 Å². The first-order chi connectivity index (χ1) is 55.9. The lowest BCUT2D eigenvalue weighted by atomic mass is 9.93. The number of thiophene rings is 3. The highest BCUT2D eigenvalue weighted by atomic mass is 32.1. The summed E-state index contributed by atoms with van der Waals surface area (Å²) in [6.07, 6.45) is 11.7. The van der Waals surface area contributed by atoms with E-state index in [1.54, 1.807) is 12.4 Å². The van der Waals surface area contributed by atoms with Gasteiger partial charge in [-0.15, -0.1) is 34.0 Å². The van der Waals surface area contributed by atoms with Crippen LogP contribution >= 0.6 is 34.0 Å². The lowest BCUT2D eigenvalue weighted by Crippen LogP contribution is -2.23. The summed E-state index contributed by atoms with van der Waals surface area (Å²) in [5.41, 5.74) is 26.2. The van der Waals surface area contributed by atoms with Crippen LogP contribution in [0, 0.1) is 0 Å². The Morgan fingerprint density at radius 3 is 1.31 bits per heavy atom. The third-order valence-corrected chi connectivity index (χ3v) is 24.9. The van der Waals surface area contributed by atoms with Crippen molar-refractivity contribution >= 4 is 128 Å². The Morgan fingerprint density at radius 1 is 0.248 bits per heavy atom. The molecule has 8 nitrogen and oxygen atoms in total. The van der Waals surface area contributed by atoms with Crippen LogP contribution in [0.1, 0.15) is 23.0 Å². The maximum atomic E-state index is 5.48. The average Bonchev–Trinajstić information content (AvgIpc) is 1.61. The highest BCUT2D eigenvalue weighted by Gasteiger charge is 2.23. The first-order valence-corrected chi connectivity index (χ1v) is 40.2. The van der Waals surface area contributed by atoms with E-state index in [0.717, 1.165) is 118 Å². The van der Waals surface area contributed by atoms with Crippen LogP contribution in [0.2, 0.25) is 0 Å². The van der Waals surface area contributed by atoms with Crippen LogP contribution < -0.4 is 5.32 Å². The smallest absolute Gasteiger partial charge is 0.0900 e. The van der Waals surface area contributed by atoms with E-state index in [0.29, 0.717) is 0 Å². The van der Waals surface area contributed by atoms with Crippen molar-refractivity contribution in [3.05, 3.63) is 394 Å². The topological polar surface area (TPSA) is 102 Å². The molecule has 0 saturated heterocycles. The zero-order chi connectivity index (χ0) is 74.7. The first-order valence-electron chi connectivity index (χ1n) is 37.7. The van der Waals surface area contributed by atoms with Gasteiger partial charge in [-0.25, -0.2) is 15.0 Å². The Labute approximate surface area is 663 Å². The van der Waals surface area contributed by atoms with Gasteiger partial charge in [-0.05, 0) is 194 Å². The van der Waals surface area contributed by atoms with Gasteiger partial charge in [-0.2, -0.15) is 0 Å². The number of nitrogens with zero attached hydrogens (tertiary/aromatic N) is 7. The number of fused-ring (bicyclic) bond motifs is 13. The van der Waals surface area contributed by atoms with Crippen molar-refractivity contribution in [2.75, 3.05) is 0 Å². The van der Waals surface area contributed by atoms with Crippen LogP contribution in [0.25, 0.3) is 195 Å².